The fourth-order valence-electron chi connectivity index (χ4n) is 5.37. The second-order valence-electron chi connectivity index (χ2n) is 14.3. The first kappa shape index (κ1) is 54.1. The van der Waals surface area contributed by atoms with Crippen LogP contribution in [-0.4, -0.2) is 71.1 Å². The zero-order chi connectivity index (χ0) is 42.2. The van der Waals surface area contributed by atoms with E-state index in [1.807, 2.05) is 18.2 Å². The monoisotopic (exact) mass is 826 g/mol. The molecule has 0 amide bonds. The number of phosphoric ester groups is 1. The normalized spacial score (nSPS) is 14.9. The molecule has 0 aliphatic rings. The average Bonchev–Trinajstić information content (AvgIpc) is 3.18. The molecule has 57 heavy (non-hydrogen) atoms. The van der Waals surface area contributed by atoms with Crippen LogP contribution >= 0.6 is 7.82 Å². The van der Waals surface area contributed by atoms with E-state index in [0.29, 0.717) is 25.7 Å². The number of carbonyl (C=O) groups excluding carboxylic acids is 2. The second-order valence-corrected chi connectivity index (χ2v) is 15.8. The predicted molar refractivity (Wildman–Crippen MR) is 227 cm³/mol. The summed E-state index contributed by atoms with van der Waals surface area (Å²) in [6.45, 7) is 2.60. The van der Waals surface area contributed by atoms with E-state index in [4.69, 9.17) is 24.8 Å². The molecule has 12 nitrogen and oxygen atoms in total. The Hall–Kier alpha value is -2.86. The van der Waals surface area contributed by atoms with Gasteiger partial charge < -0.3 is 30.3 Å². The number of allylic oxidation sites excluding steroid dienone is 8. The summed E-state index contributed by atoms with van der Waals surface area (Å²) in [7, 11) is -4.76. The number of esters is 2. The van der Waals surface area contributed by atoms with E-state index >= 15 is 0 Å². The summed E-state index contributed by atoms with van der Waals surface area (Å²) in [6.07, 6.45) is 40.3. The van der Waals surface area contributed by atoms with Crippen molar-refractivity contribution >= 4 is 25.7 Å². The van der Waals surface area contributed by atoms with Crippen LogP contribution in [0.5, 0.6) is 0 Å². The molecule has 0 bridgehead atoms. The molecule has 0 aromatic rings. The Labute approximate surface area is 343 Å². The molecule has 0 fully saturated rings. The largest absolute Gasteiger partial charge is 0.480 e. The van der Waals surface area contributed by atoms with E-state index in [-0.39, 0.29) is 12.8 Å². The fraction of sp³-hybridized carbons (Fsp3) is 0.705. The Balaban J connectivity index is 4.58. The highest BCUT2D eigenvalue weighted by Gasteiger charge is 2.28. The maximum absolute atomic E-state index is 12.6. The highest BCUT2D eigenvalue weighted by Crippen LogP contribution is 2.43. The molecule has 0 rings (SSSR count). The van der Waals surface area contributed by atoms with Gasteiger partial charge in [-0.25, -0.2) is 4.57 Å². The molecule has 2 unspecified atom stereocenters. The van der Waals surface area contributed by atoms with Gasteiger partial charge in [0.25, 0.3) is 0 Å². The number of carboxylic acid groups (broad SMARTS) is 1. The minimum atomic E-state index is -4.76. The molecule has 0 spiro atoms. The number of aliphatic carboxylic acids is 1. The van der Waals surface area contributed by atoms with Crippen molar-refractivity contribution in [2.75, 3.05) is 19.8 Å². The van der Waals surface area contributed by atoms with Gasteiger partial charge in [0.1, 0.15) is 12.6 Å². The number of rotatable bonds is 39. The first-order valence-corrected chi connectivity index (χ1v) is 22.9. The summed E-state index contributed by atoms with van der Waals surface area (Å²) >= 11 is 0. The zero-order valence-corrected chi connectivity index (χ0v) is 35.9. The highest BCUT2D eigenvalue weighted by atomic mass is 31.2. The van der Waals surface area contributed by atoms with Gasteiger partial charge in [0, 0.05) is 12.8 Å². The van der Waals surface area contributed by atoms with E-state index in [1.54, 1.807) is 18.2 Å². The molecule has 0 aliphatic carbocycles. The van der Waals surface area contributed by atoms with E-state index in [0.717, 1.165) is 44.9 Å². The van der Waals surface area contributed by atoms with Gasteiger partial charge in [-0.05, 0) is 70.6 Å². The van der Waals surface area contributed by atoms with Crippen LogP contribution in [0.2, 0.25) is 0 Å². The summed E-state index contributed by atoms with van der Waals surface area (Å²) in [4.78, 5) is 45.9. The van der Waals surface area contributed by atoms with Gasteiger partial charge in [0.15, 0.2) is 6.10 Å². The van der Waals surface area contributed by atoms with E-state index < -0.39 is 63.8 Å². The third-order valence-electron chi connectivity index (χ3n) is 8.82. The number of ether oxygens (including phenoxy) is 2. The van der Waals surface area contributed by atoms with E-state index in [2.05, 4.69) is 42.7 Å². The van der Waals surface area contributed by atoms with Crippen molar-refractivity contribution in [3.63, 3.8) is 0 Å². The number of aliphatic hydroxyl groups is 1. The third-order valence-corrected chi connectivity index (χ3v) is 9.77. The van der Waals surface area contributed by atoms with Crippen LogP contribution in [0.15, 0.2) is 60.8 Å². The molecule has 0 saturated carbocycles. The van der Waals surface area contributed by atoms with Gasteiger partial charge in [-0.15, -0.1) is 0 Å². The summed E-state index contributed by atoms with van der Waals surface area (Å²) in [5, 5.41) is 19.0. The molecule has 328 valence electrons. The summed E-state index contributed by atoms with van der Waals surface area (Å²) in [6, 6.07) is -1.55. The molecule has 5 N–H and O–H groups in total. The van der Waals surface area contributed by atoms with Crippen molar-refractivity contribution in [2.24, 2.45) is 5.73 Å². The van der Waals surface area contributed by atoms with Crippen LogP contribution in [0, 0.1) is 0 Å². The molecule has 0 aromatic carbocycles. The Bertz CT molecular complexity index is 1220. The quantitative estimate of drug-likeness (QED) is 0.0151. The maximum atomic E-state index is 12.6. The molecule has 0 heterocycles. The van der Waals surface area contributed by atoms with Crippen LogP contribution in [-0.2, 0) is 37.5 Å². The minimum Gasteiger partial charge on any atom is -0.480 e. The number of carboxylic acids is 1. The molecular weight excluding hydrogens is 749 g/mol. The number of aliphatic hydroxyl groups excluding tert-OH is 1. The first-order valence-electron chi connectivity index (χ1n) is 21.4. The maximum Gasteiger partial charge on any atom is 0.472 e. The number of carbonyl (C=O) groups is 3. The Morgan fingerprint density at radius 2 is 1.16 bits per heavy atom. The van der Waals surface area contributed by atoms with Gasteiger partial charge in [-0.3, -0.25) is 23.4 Å². The van der Waals surface area contributed by atoms with Crippen molar-refractivity contribution in [1.29, 1.82) is 0 Å². The predicted octanol–water partition coefficient (Wildman–Crippen LogP) is 10.1. The lowest BCUT2D eigenvalue weighted by Crippen LogP contribution is -2.34. The van der Waals surface area contributed by atoms with Gasteiger partial charge in [0.05, 0.1) is 19.3 Å². The van der Waals surface area contributed by atoms with Crippen molar-refractivity contribution < 1.29 is 52.6 Å². The Kier molecular flexibility index (Phi) is 36.7. The van der Waals surface area contributed by atoms with E-state index in [9.17, 15) is 28.9 Å². The van der Waals surface area contributed by atoms with Crippen LogP contribution < -0.4 is 5.73 Å². The standard InChI is InChI=1S/C44H76NO11P/c1-3-5-7-9-11-13-14-15-16-17-18-20-22-26-30-34-42(47)53-36-40(37-54-57(51,52)55-38-41(45)44(49)50)56-43(48)35-31-27-23-25-29-33-39(46)32-28-24-21-19-12-10-8-6-4-2/h12-14,19,23-25,28-29,33,39-41,46H,3-11,15-18,20-22,26-27,30-32,34-38,45H2,1-2H3,(H,49,50)(H,51,52)/b14-13-,19-12-,25-23+,28-24-,33-29-/t39?,40-,41+/m1/s1. The van der Waals surface area contributed by atoms with Gasteiger partial charge in [0.2, 0.25) is 0 Å². The number of nitrogens with two attached hydrogens (primary N) is 1. The van der Waals surface area contributed by atoms with E-state index in [1.165, 1.54) is 64.2 Å². The Morgan fingerprint density at radius 1 is 0.632 bits per heavy atom. The molecule has 0 aliphatic heterocycles. The second kappa shape index (κ2) is 38.6. The lowest BCUT2D eigenvalue weighted by Gasteiger charge is -2.20. The van der Waals surface area contributed by atoms with Gasteiger partial charge >= 0.3 is 25.7 Å². The minimum absolute atomic E-state index is 0.0234. The molecular formula is C44H76NO11P. The van der Waals surface area contributed by atoms with Crippen molar-refractivity contribution in [2.45, 2.75) is 180 Å². The lowest BCUT2D eigenvalue weighted by atomic mass is 10.1. The average molecular weight is 826 g/mol. The van der Waals surface area contributed by atoms with Crippen molar-refractivity contribution in [3.05, 3.63) is 60.8 Å². The molecule has 13 heteroatoms. The topological polar surface area (TPSA) is 192 Å². The zero-order valence-electron chi connectivity index (χ0n) is 35.0. The fourth-order valence-corrected chi connectivity index (χ4v) is 6.14. The number of phosphoric acid groups is 1. The summed E-state index contributed by atoms with van der Waals surface area (Å²) in [5.41, 5.74) is 5.32. The van der Waals surface area contributed by atoms with Gasteiger partial charge in [-0.1, -0.05) is 139 Å². The smallest absolute Gasteiger partial charge is 0.472 e. The highest BCUT2D eigenvalue weighted by molar-refractivity contribution is 7.47. The lowest BCUT2D eigenvalue weighted by molar-refractivity contribution is -0.161. The SMILES string of the molecule is CCCCC/C=C\C/C=C\CC(O)/C=C\C=C\CCCC(=O)O[C@H](COC(=O)CCCCCCCCC/C=C\CCCCCC)COP(=O)(O)OC[C@H](N)C(=O)O. The molecule has 0 saturated heterocycles. The summed E-state index contributed by atoms with van der Waals surface area (Å²) in [5.74, 6) is -2.54. The van der Waals surface area contributed by atoms with Gasteiger partial charge in [-0.2, -0.15) is 0 Å². The van der Waals surface area contributed by atoms with Crippen LogP contribution in [0.4, 0.5) is 0 Å². The van der Waals surface area contributed by atoms with Crippen molar-refractivity contribution in [1.82, 2.24) is 0 Å². The first-order chi connectivity index (χ1) is 27.5. The Morgan fingerprint density at radius 3 is 1.82 bits per heavy atom. The van der Waals surface area contributed by atoms with Crippen LogP contribution in [0.3, 0.4) is 0 Å². The third kappa shape index (κ3) is 38.4. The molecule has 0 aromatic heterocycles. The number of hydrogen-bond donors (Lipinski definition) is 4. The molecule has 4 atom stereocenters. The summed E-state index contributed by atoms with van der Waals surface area (Å²) < 4.78 is 32.5. The van der Waals surface area contributed by atoms with Crippen molar-refractivity contribution in [3.8, 4) is 0 Å². The number of hydrogen-bond acceptors (Lipinski definition) is 10. The number of unbranched alkanes of at least 4 members (excludes halogenated alkanes) is 15. The van der Waals surface area contributed by atoms with Crippen LogP contribution in [0.25, 0.3) is 0 Å². The van der Waals surface area contributed by atoms with Crippen LogP contribution in [0.1, 0.15) is 162 Å². The molecule has 0 radical (unpaired) electrons.